The lowest BCUT2D eigenvalue weighted by molar-refractivity contribution is 0.0699. The summed E-state index contributed by atoms with van der Waals surface area (Å²) in [5.41, 5.74) is 0.834. The van der Waals surface area contributed by atoms with Gasteiger partial charge >= 0.3 is 5.97 Å². The van der Waals surface area contributed by atoms with Crippen molar-refractivity contribution in [2.45, 2.75) is 90.9 Å². The molecule has 0 aliphatic heterocycles. The Morgan fingerprint density at radius 2 is 1.39 bits per heavy atom. The summed E-state index contributed by atoms with van der Waals surface area (Å²) in [6, 6.07) is 10.6. The average Bonchev–Trinajstić information content (AvgIpc) is 3.38. The predicted molar refractivity (Wildman–Crippen MR) is 142 cm³/mol. The third-order valence-corrected chi connectivity index (χ3v) is 6.11. The normalized spacial score (nSPS) is 10.9. The summed E-state index contributed by atoms with van der Waals surface area (Å²) in [5.74, 6) is 2.25. The summed E-state index contributed by atoms with van der Waals surface area (Å²) in [6.07, 6.45) is 17.8. The average molecular weight is 493 g/mol. The topological polar surface area (TPSA) is 74.5 Å². The van der Waals surface area contributed by atoms with Gasteiger partial charge in [0.15, 0.2) is 11.6 Å². The van der Waals surface area contributed by atoms with Crippen LogP contribution >= 0.6 is 0 Å². The molecule has 194 valence electrons. The highest BCUT2D eigenvalue weighted by molar-refractivity contribution is 5.88. The van der Waals surface area contributed by atoms with Crippen molar-refractivity contribution in [1.29, 1.82) is 0 Å². The number of furan rings is 1. The van der Waals surface area contributed by atoms with Gasteiger partial charge in [0.1, 0.15) is 11.5 Å². The number of aryl methyl sites for hydroxylation is 1. The Hall–Kier alpha value is -3.15. The highest BCUT2D eigenvalue weighted by Gasteiger charge is 2.14. The first-order valence-electron chi connectivity index (χ1n) is 13.6. The molecule has 3 aromatic rings. The summed E-state index contributed by atoms with van der Waals surface area (Å²) >= 11 is 0. The molecular weight excluding hydrogens is 452 g/mol. The Morgan fingerprint density at radius 1 is 0.750 bits per heavy atom. The second-order valence-electron chi connectivity index (χ2n) is 9.20. The van der Waals surface area contributed by atoms with Crippen molar-refractivity contribution < 1.29 is 18.7 Å². The number of rotatable bonds is 17. The van der Waals surface area contributed by atoms with Gasteiger partial charge < -0.3 is 13.9 Å². The molecule has 6 nitrogen and oxygen atoms in total. The van der Waals surface area contributed by atoms with E-state index in [-0.39, 0.29) is 5.76 Å². The van der Waals surface area contributed by atoms with Crippen LogP contribution in [0.2, 0.25) is 0 Å². The van der Waals surface area contributed by atoms with Crippen molar-refractivity contribution in [1.82, 2.24) is 9.97 Å². The van der Waals surface area contributed by atoms with Crippen molar-refractivity contribution in [2.75, 3.05) is 6.61 Å². The first-order valence-corrected chi connectivity index (χ1v) is 13.6. The van der Waals surface area contributed by atoms with Crippen LogP contribution < -0.4 is 9.47 Å². The molecule has 0 bridgehead atoms. The Balaban J connectivity index is 1.40. The third-order valence-electron chi connectivity index (χ3n) is 6.11. The smallest absolute Gasteiger partial charge is 0.379 e. The predicted octanol–water partition coefficient (Wildman–Crippen LogP) is 8.21. The molecule has 1 aromatic carbocycles. The fourth-order valence-electron chi connectivity index (χ4n) is 3.97. The van der Waals surface area contributed by atoms with E-state index in [1.54, 1.807) is 30.6 Å². The van der Waals surface area contributed by atoms with E-state index in [0.29, 0.717) is 23.9 Å². The zero-order valence-electron chi connectivity index (χ0n) is 21.8. The van der Waals surface area contributed by atoms with Crippen molar-refractivity contribution in [3.05, 3.63) is 60.3 Å². The van der Waals surface area contributed by atoms with Crippen LogP contribution in [0, 0.1) is 0 Å². The summed E-state index contributed by atoms with van der Waals surface area (Å²) in [7, 11) is 0. The Morgan fingerprint density at radius 3 is 2.08 bits per heavy atom. The second-order valence-corrected chi connectivity index (χ2v) is 9.20. The van der Waals surface area contributed by atoms with Gasteiger partial charge in [0.05, 0.1) is 19.0 Å². The van der Waals surface area contributed by atoms with Crippen molar-refractivity contribution in [2.24, 2.45) is 0 Å². The van der Waals surface area contributed by atoms with Gasteiger partial charge in [0.25, 0.3) is 0 Å². The Labute approximate surface area is 215 Å². The molecule has 2 aromatic heterocycles. The molecule has 0 spiro atoms. The van der Waals surface area contributed by atoms with Crippen LogP contribution in [-0.2, 0) is 6.42 Å². The number of aromatic nitrogens is 2. The molecule has 0 saturated carbocycles. The van der Waals surface area contributed by atoms with Gasteiger partial charge in [0.2, 0.25) is 5.76 Å². The van der Waals surface area contributed by atoms with E-state index in [1.807, 2.05) is 18.2 Å². The monoisotopic (exact) mass is 492 g/mol. The Kier molecular flexibility index (Phi) is 12.0. The maximum Gasteiger partial charge on any atom is 0.379 e. The van der Waals surface area contributed by atoms with E-state index in [9.17, 15) is 4.79 Å². The molecule has 0 unspecified atom stereocenters. The van der Waals surface area contributed by atoms with E-state index < -0.39 is 5.97 Å². The zero-order chi connectivity index (χ0) is 25.4. The third kappa shape index (κ3) is 9.48. The van der Waals surface area contributed by atoms with Crippen molar-refractivity contribution in [3.63, 3.8) is 0 Å². The van der Waals surface area contributed by atoms with Gasteiger partial charge in [-0.1, -0.05) is 71.6 Å². The maximum atomic E-state index is 12.4. The number of hydrogen-bond donors (Lipinski definition) is 0. The largest absolute Gasteiger partial charge is 0.490 e. The van der Waals surface area contributed by atoms with Crippen molar-refractivity contribution in [3.8, 4) is 22.9 Å². The van der Waals surface area contributed by atoms with Gasteiger partial charge in [-0.3, -0.25) is 0 Å². The lowest BCUT2D eigenvalue weighted by Crippen LogP contribution is -2.07. The van der Waals surface area contributed by atoms with Crippen LogP contribution in [-0.4, -0.2) is 22.5 Å². The van der Waals surface area contributed by atoms with Crippen LogP contribution in [0.3, 0.4) is 0 Å². The van der Waals surface area contributed by atoms with Crippen LogP contribution in [0.5, 0.6) is 11.5 Å². The van der Waals surface area contributed by atoms with Crippen LogP contribution in [0.4, 0.5) is 0 Å². The molecule has 6 heteroatoms. The maximum absolute atomic E-state index is 12.4. The first kappa shape index (κ1) is 27.4. The quantitative estimate of drug-likeness (QED) is 0.107. The molecular formula is C30H40N2O4. The Bertz CT molecular complexity index is 1010. The van der Waals surface area contributed by atoms with E-state index in [0.717, 1.165) is 43.4 Å². The molecule has 0 saturated heterocycles. The van der Waals surface area contributed by atoms with E-state index >= 15 is 0 Å². The van der Waals surface area contributed by atoms with Gasteiger partial charge in [0, 0.05) is 12.0 Å². The van der Waals surface area contributed by atoms with Gasteiger partial charge in [-0.2, -0.15) is 0 Å². The number of unbranched alkanes of at least 4 members (excludes halogenated alkanes) is 9. The molecule has 0 atom stereocenters. The van der Waals surface area contributed by atoms with E-state index in [1.165, 1.54) is 44.9 Å². The minimum Gasteiger partial charge on any atom is -0.490 e. The highest BCUT2D eigenvalue weighted by atomic mass is 16.5. The van der Waals surface area contributed by atoms with E-state index in [2.05, 4.69) is 23.8 Å². The minimum atomic E-state index is -0.501. The molecule has 2 heterocycles. The zero-order valence-corrected chi connectivity index (χ0v) is 21.8. The lowest BCUT2D eigenvalue weighted by Gasteiger charge is -2.07. The van der Waals surface area contributed by atoms with Crippen LogP contribution in [0.25, 0.3) is 11.4 Å². The van der Waals surface area contributed by atoms with Gasteiger partial charge in [-0.25, -0.2) is 14.8 Å². The standard InChI is InChI=1S/C30H40N2O4/c1-3-5-7-8-9-10-11-13-21-34-27-22-31-29(32-23-27)24-15-17-26(18-16-24)36-30(33)28-20-19-25(35-28)14-12-6-4-2/h15-20,22-23H,3-14,21H2,1-2H3. The number of carbonyl (C=O) groups excluding carboxylic acids is 1. The highest BCUT2D eigenvalue weighted by Crippen LogP contribution is 2.22. The number of nitrogens with zero attached hydrogens (tertiary/aromatic N) is 2. The van der Waals surface area contributed by atoms with Gasteiger partial charge in [-0.05, 0) is 49.2 Å². The number of benzene rings is 1. The minimum absolute atomic E-state index is 0.219. The molecule has 0 aliphatic carbocycles. The fourth-order valence-corrected chi connectivity index (χ4v) is 3.97. The molecule has 0 amide bonds. The summed E-state index contributed by atoms with van der Waals surface area (Å²) in [4.78, 5) is 21.2. The second kappa shape index (κ2) is 15.8. The summed E-state index contributed by atoms with van der Waals surface area (Å²) in [6.45, 7) is 5.09. The summed E-state index contributed by atoms with van der Waals surface area (Å²) in [5, 5.41) is 0. The molecule has 3 rings (SSSR count). The summed E-state index contributed by atoms with van der Waals surface area (Å²) < 4.78 is 16.9. The van der Waals surface area contributed by atoms with Crippen molar-refractivity contribution >= 4 is 5.97 Å². The number of hydrogen-bond acceptors (Lipinski definition) is 6. The molecule has 36 heavy (non-hydrogen) atoms. The molecule has 0 fully saturated rings. The number of carbonyl (C=O) groups is 1. The van der Waals surface area contributed by atoms with Crippen LogP contribution in [0.15, 0.2) is 53.2 Å². The molecule has 0 N–H and O–H groups in total. The lowest BCUT2D eigenvalue weighted by atomic mass is 10.1. The number of ether oxygens (including phenoxy) is 2. The molecule has 0 radical (unpaired) electrons. The SMILES string of the molecule is CCCCCCCCCCOc1cnc(-c2ccc(OC(=O)c3ccc(CCCCC)o3)cc2)nc1. The molecule has 0 aliphatic rings. The van der Waals surface area contributed by atoms with Crippen LogP contribution in [0.1, 0.15) is 101 Å². The number of esters is 1. The van der Waals surface area contributed by atoms with Gasteiger partial charge in [-0.15, -0.1) is 0 Å². The fraction of sp³-hybridized carbons (Fsp3) is 0.500. The first-order chi connectivity index (χ1) is 17.7. The van der Waals surface area contributed by atoms with E-state index in [4.69, 9.17) is 13.9 Å².